The van der Waals surface area contributed by atoms with Gasteiger partial charge in [0.2, 0.25) is 0 Å². The number of phenols is 1. The lowest BCUT2D eigenvalue weighted by Gasteiger charge is -2.23. The molecule has 19 heavy (non-hydrogen) atoms. The zero-order valence-corrected chi connectivity index (χ0v) is 12.4. The van der Waals surface area contributed by atoms with E-state index in [-0.39, 0.29) is 5.41 Å². The number of nitrogens with one attached hydrogen (secondary N) is 1. The molecule has 0 unspecified atom stereocenters. The normalized spacial score (nSPS) is 13.4. The van der Waals surface area contributed by atoms with Gasteiger partial charge in [0, 0.05) is 24.2 Å². The summed E-state index contributed by atoms with van der Waals surface area (Å²) in [4.78, 5) is 0. The summed E-state index contributed by atoms with van der Waals surface area (Å²) in [5.41, 5.74) is 1.49. The maximum Gasteiger partial charge on any atom is 0.124 e. The van der Waals surface area contributed by atoms with Crippen molar-refractivity contribution in [3.8, 4) is 11.5 Å². The number of aliphatic hydroxyl groups excluding tert-OH is 1. The monoisotopic (exact) mass is 267 g/mol. The Morgan fingerprint density at radius 2 is 1.95 bits per heavy atom. The quantitative estimate of drug-likeness (QED) is 0.765. The third-order valence-corrected chi connectivity index (χ3v) is 2.96. The maximum atomic E-state index is 10.4. The lowest BCUT2D eigenvalue weighted by atomic mass is 9.85. The van der Waals surface area contributed by atoms with Crippen LogP contribution in [0.5, 0.6) is 11.5 Å². The number of aromatic hydroxyl groups is 1. The molecule has 108 valence electrons. The molecule has 4 heteroatoms. The van der Waals surface area contributed by atoms with Crippen LogP contribution in [0, 0.1) is 0 Å². The number of benzene rings is 1. The Kier molecular flexibility index (Phi) is 5.20. The highest BCUT2D eigenvalue weighted by Crippen LogP contribution is 2.36. The van der Waals surface area contributed by atoms with Crippen LogP contribution in [-0.4, -0.2) is 30.0 Å². The van der Waals surface area contributed by atoms with Gasteiger partial charge in [-0.2, -0.15) is 0 Å². The van der Waals surface area contributed by atoms with E-state index in [9.17, 15) is 10.2 Å². The molecule has 1 atom stereocenters. The van der Waals surface area contributed by atoms with Crippen molar-refractivity contribution in [2.45, 2.75) is 45.8 Å². The average Bonchev–Trinajstić information content (AvgIpc) is 2.29. The second-order valence-electron chi connectivity index (χ2n) is 5.91. The molecule has 0 aliphatic carbocycles. The van der Waals surface area contributed by atoms with Gasteiger partial charge in [-0.25, -0.2) is 0 Å². The van der Waals surface area contributed by atoms with E-state index in [0.29, 0.717) is 18.8 Å². The number of ether oxygens (including phenoxy) is 1. The van der Waals surface area contributed by atoms with Crippen molar-refractivity contribution in [1.82, 2.24) is 5.32 Å². The number of aliphatic hydroxyl groups is 1. The lowest BCUT2D eigenvalue weighted by molar-refractivity contribution is 0.191. The molecule has 1 aromatic rings. The summed E-state index contributed by atoms with van der Waals surface area (Å²) >= 11 is 0. The van der Waals surface area contributed by atoms with Crippen LogP contribution in [0.3, 0.4) is 0 Å². The van der Waals surface area contributed by atoms with Crippen molar-refractivity contribution in [3.05, 3.63) is 23.3 Å². The zero-order valence-electron chi connectivity index (χ0n) is 12.4. The van der Waals surface area contributed by atoms with E-state index in [2.05, 4.69) is 26.1 Å². The van der Waals surface area contributed by atoms with Gasteiger partial charge in [0.15, 0.2) is 0 Å². The summed E-state index contributed by atoms with van der Waals surface area (Å²) in [6.45, 7) is 8.86. The Morgan fingerprint density at radius 1 is 1.32 bits per heavy atom. The van der Waals surface area contributed by atoms with E-state index in [1.807, 2.05) is 12.1 Å². The molecule has 0 aliphatic rings. The third-order valence-electron chi connectivity index (χ3n) is 2.96. The van der Waals surface area contributed by atoms with E-state index >= 15 is 0 Å². The minimum atomic E-state index is -0.408. The maximum absolute atomic E-state index is 10.4. The summed E-state index contributed by atoms with van der Waals surface area (Å²) in [6, 6.07) is 3.69. The van der Waals surface area contributed by atoms with Crippen molar-refractivity contribution in [2.75, 3.05) is 13.7 Å². The molecular formula is C15H25NO3. The molecule has 0 saturated heterocycles. The van der Waals surface area contributed by atoms with Gasteiger partial charge in [-0.1, -0.05) is 20.8 Å². The molecule has 1 rings (SSSR count). The minimum Gasteiger partial charge on any atom is -0.507 e. The first-order chi connectivity index (χ1) is 8.75. The van der Waals surface area contributed by atoms with Gasteiger partial charge in [0.05, 0.1) is 13.2 Å². The molecule has 0 bridgehead atoms. The molecule has 1 aromatic carbocycles. The Hall–Kier alpha value is -1.26. The second-order valence-corrected chi connectivity index (χ2v) is 5.91. The van der Waals surface area contributed by atoms with Crippen LogP contribution in [0.1, 0.15) is 38.8 Å². The minimum absolute atomic E-state index is 0.155. The smallest absolute Gasteiger partial charge is 0.124 e. The van der Waals surface area contributed by atoms with Gasteiger partial charge >= 0.3 is 0 Å². The van der Waals surface area contributed by atoms with Crippen LogP contribution < -0.4 is 10.1 Å². The number of hydrogen-bond acceptors (Lipinski definition) is 4. The van der Waals surface area contributed by atoms with Crippen molar-refractivity contribution in [1.29, 1.82) is 0 Å². The predicted octanol–water partition coefficient (Wildman–Crippen LogP) is 2.17. The third kappa shape index (κ3) is 4.40. The van der Waals surface area contributed by atoms with Gasteiger partial charge in [-0.15, -0.1) is 0 Å². The highest BCUT2D eigenvalue weighted by Gasteiger charge is 2.21. The fourth-order valence-corrected chi connectivity index (χ4v) is 1.91. The van der Waals surface area contributed by atoms with Crippen molar-refractivity contribution in [3.63, 3.8) is 0 Å². The molecule has 0 saturated carbocycles. The van der Waals surface area contributed by atoms with Crippen LogP contribution in [0.2, 0.25) is 0 Å². The first kappa shape index (κ1) is 15.8. The predicted molar refractivity (Wildman–Crippen MR) is 76.7 cm³/mol. The van der Waals surface area contributed by atoms with Crippen molar-refractivity contribution in [2.24, 2.45) is 0 Å². The van der Waals surface area contributed by atoms with Crippen molar-refractivity contribution < 1.29 is 14.9 Å². The summed E-state index contributed by atoms with van der Waals surface area (Å²) in [5, 5.41) is 22.7. The molecule has 4 nitrogen and oxygen atoms in total. The number of phenolic OH excluding ortho intramolecular Hbond substituents is 1. The lowest BCUT2D eigenvalue weighted by Crippen LogP contribution is -2.24. The van der Waals surface area contributed by atoms with E-state index in [4.69, 9.17) is 4.74 Å². The Morgan fingerprint density at radius 3 is 2.42 bits per heavy atom. The average molecular weight is 267 g/mol. The Labute approximate surface area is 115 Å². The van der Waals surface area contributed by atoms with E-state index in [1.54, 1.807) is 14.0 Å². The molecule has 3 N–H and O–H groups in total. The molecule has 0 aromatic heterocycles. The molecule has 0 spiro atoms. The summed E-state index contributed by atoms with van der Waals surface area (Å²) < 4.78 is 5.28. The summed E-state index contributed by atoms with van der Waals surface area (Å²) in [6.07, 6.45) is -0.408. The zero-order chi connectivity index (χ0) is 14.6. The van der Waals surface area contributed by atoms with E-state index in [0.717, 1.165) is 16.9 Å². The summed E-state index contributed by atoms with van der Waals surface area (Å²) in [7, 11) is 1.62. The van der Waals surface area contributed by atoms with Crippen LogP contribution >= 0.6 is 0 Å². The van der Waals surface area contributed by atoms with Crippen LogP contribution in [0.15, 0.2) is 12.1 Å². The van der Waals surface area contributed by atoms with Gasteiger partial charge in [-0.3, -0.25) is 0 Å². The molecule has 0 heterocycles. The second kappa shape index (κ2) is 6.26. The van der Waals surface area contributed by atoms with Crippen LogP contribution in [0.4, 0.5) is 0 Å². The standard InChI is InChI=1S/C15H25NO3/c1-10(17)8-16-9-11-6-12(19-5)7-13(14(11)18)15(2,3)4/h6-7,10,16-18H,8-9H2,1-5H3/t10-/m1/s1. The number of hydrogen-bond donors (Lipinski definition) is 3. The molecular weight excluding hydrogens is 242 g/mol. The van der Waals surface area contributed by atoms with Gasteiger partial charge in [-0.05, 0) is 24.5 Å². The fraction of sp³-hybridized carbons (Fsp3) is 0.600. The Balaban J connectivity index is 3.03. The molecule has 0 amide bonds. The van der Waals surface area contributed by atoms with E-state index < -0.39 is 6.10 Å². The van der Waals surface area contributed by atoms with E-state index in [1.165, 1.54) is 0 Å². The van der Waals surface area contributed by atoms with Gasteiger partial charge in [0.25, 0.3) is 0 Å². The van der Waals surface area contributed by atoms with Gasteiger partial charge in [0.1, 0.15) is 11.5 Å². The van der Waals surface area contributed by atoms with Crippen LogP contribution in [-0.2, 0) is 12.0 Å². The number of rotatable bonds is 5. The molecule has 0 fully saturated rings. The first-order valence-corrected chi connectivity index (χ1v) is 6.55. The topological polar surface area (TPSA) is 61.7 Å². The van der Waals surface area contributed by atoms with Crippen molar-refractivity contribution >= 4 is 0 Å². The molecule has 0 aliphatic heterocycles. The molecule has 0 radical (unpaired) electrons. The van der Waals surface area contributed by atoms with Crippen LogP contribution in [0.25, 0.3) is 0 Å². The SMILES string of the molecule is COc1cc(CNC[C@@H](C)O)c(O)c(C(C)(C)C)c1. The summed E-state index contributed by atoms with van der Waals surface area (Å²) in [5.74, 6) is 1.03. The Bertz CT molecular complexity index is 422. The van der Waals surface area contributed by atoms with Gasteiger partial charge < -0.3 is 20.3 Å². The first-order valence-electron chi connectivity index (χ1n) is 6.55. The highest BCUT2D eigenvalue weighted by atomic mass is 16.5. The highest BCUT2D eigenvalue weighted by molar-refractivity contribution is 5.49. The fourth-order valence-electron chi connectivity index (χ4n) is 1.91. The number of methoxy groups -OCH3 is 1. The largest absolute Gasteiger partial charge is 0.507 e.